The number of carbonyl (C=O) groups excluding carboxylic acids is 1. The van der Waals surface area contributed by atoms with E-state index in [-0.39, 0.29) is 12.5 Å². The molecule has 1 aromatic carbocycles. The lowest BCUT2D eigenvalue weighted by Gasteiger charge is -2.13. The van der Waals surface area contributed by atoms with E-state index in [2.05, 4.69) is 0 Å². The Hall–Kier alpha value is -1.81. The van der Waals surface area contributed by atoms with Gasteiger partial charge in [-0.25, -0.2) is 0 Å². The largest absolute Gasteiger partial charge is 0.497 e. The molecule has 4 nitrogen and oxygen atoms in total. The molecule has 0 bridgehead atoms. The van der Waals surface area contributed by atoms with Crippen molar-refractivity contribution in [3.63, 3.8) is 0 Å². The summed E-state index contributed by atoms with van der Waals surface area (Å²) in [5, 5.41) is 8.77. The van der Waals surface area contributed by atoms with E-state index in [1.165, 1.54) is 4.90 Å². The summed E-state index contributed by atoms with van der Waals surface area (Å²) < 4.78 is 5.08. The van der Waals surface area contributed by atoms with Gasteiger partial charge in [-0.05, 0) is 30.2 Å². The van der Waals surface area contributed by atoms with E-state index in [0.29, 0.717) is 6.54 Å². The molecule has 0 spiro atoms. The third-order valence-corrected chi connectivity index (χ3v) is 2.70. The molecule has 1 N–H and O–H groups in total. The van der Waals surface area contributed by atoms with Gasteiger partial charge in [0.05, 0.1) is 13.7 Å². The minimum atomic E-state index is -0.114. The smallest absolute Gasteiger partial charge is 0.246 e. The molecule has 98 valence electrons. The zero-order chi connectivity index (χ0) is 13.5. The summed E-state index contributed by atoms with van der Waals surface area (Å²) in [6, 6.07) is 7.52. The second kappa shape index (κ2) is 6.81. The molecular formula is C14H19NO3. The van der Waals surface area contributed by atoms with Gasteiger partial charge in [-0.3, -0.25) is 4.79 Å². The first-order chi connectivity index (χ1) is 8.58. The Morgan fingerprint density at radius 3 is 2.50 bits per heavy atom. The second-order valence-corrected chi connectivity index (χ2v) is 4.04. The van der Waals surface area contributed by atoms with Crippen LogP contribution in [0.15, 0.2) is 30.3 Å². The fourth-order valence-corrected chi connectivity index (χ4v) is 1.49. The number of allylic oxidation sites excluding steroid dienone is 1. The van der Waals surface area contributed by atoms with Crippen LogP contribution in [-0.2, 0) is 4.79 Å². The number of hydrogen-bond acceptors (Lipinski definition) is 3. The number of likely N-dealkylation sites (N-methyl/N-ethyl adjacent to an activating group) is 1. The molecule has 0 aliphatic rings. The molecule has 0 saturated heterocycles. The summed E-state index contributed by atoms with van der Waals surface area (Å²) in [4.78, 5) is 13.2. The fourth-order valence-electron chi connectivity index (χ4n) is 1.49. The Balaban J connectivity index is 2.78. The van der Waals surface area contributed by atoms with Crippen LogP contribution in [0.25, 0.3) is 5.57 Å². The quantitative estimate of drug-likeness (QED) is 0.805. The molecule has 0 aromatic heterocycles. The van der Waals surface area contributed by atoms with Crippen LogP contribution < -0.4 is 4.74 Å². The Morgan fingerprint density at radius 2 is 2.00 bits per heavy atom. The van der Waals surface area contributed by atoms with Crippen molar-refractivity contribution in [3.05, 3.63) is 35.9 Å². The molecule has 0 unspecified atom stereocenters. The topological polar surface area (TPSA) is 49.8 Å². The Bertz CT molecular complexity index is 423. The minimum Gasteiger partial charge on any atom is -0.497 e. The molecule has 0 radical (unpaired) electrons. The van der Waals surface area contributed by atoms with Crippen LogP contribution in [0.3, 0.4) is 0 Å². The molecule has 0 saturated carbocycles. The highest BCUT2D eigenvalue weighted by Crippen LogP contribution is 2.18. The average Bonchev–Trinajstić information content (AvgIpc) is 2.39. The van der Waals surface area contributed by atoms with E-state index in [4.69, 9.17) is 9.84 Å². The van der Waals surface area contributed by atoms with Crippen LogP contribution in [0.5, 0.6) is 5.75 Å². The van der Waals surface area contributed by atoms with E-state index >= 15 is 0 Å². The highest BCUT2D eigenvalue weighted by Gasteiger charge is 2.06. The van der Waals surface area contributed by atoms with Gasteiger partial charge in [-0.2, -0.15) is 0 Å². The van der Waals surface area contributed by atoms with Crippen molar-refractivity contribution in [1.29, 1.82) is 0 Å². The number of benzene rings is 1. The van der Waals surface area contributed by atoms with E-state index in [1.54, 1.807) is 20.2 Å². The molecule has 0 heterocycles. The third-order valence-electron chi connectivity index (χ3n) is 2.70. The minimum absolute atomic E-state index is 0.0301. The van der Waals surface area contributed by atoms with Crippen molar-refractivity contribution >= 4 is 11.5 Å². The van der Waals surface area contributed by atoms with Crippen LogP contribution in [0.2, 0.25) is 0 Å². The number of methoxy groups -OCH3 is 1. The lowest BCUT2D eigenvalue weighted by atomic mass is 10.1. The zero-order valence-corrected chi connectivity index (χ0v) is 11.0. The van der Waals surface area contributed by atoms with Crippen molar-refractivity contribution in [2.45, 2.75) is 6.92 Å². The standard InChI is InChI=1S/C14H19NO3/c1-11(10-14(17)15(2)8-9-16)12-4-6-13(18-3)7-5-12/h4-7,10,16H,8-9H2,1-3H3/b11-10+. The SMILES string of the molecule is COc1ccc(/C(C)=C/C(=O)N(C)CCO)cc1. The molecule has 4 heteroatoms. The van der Waals surface area contributed by atoms with E-state index in [9.17, 15) is 4.79 Å². The van der Waals surface area contributed by atoms with Crippen molar-refractivity contribution in [2.75, 3.05) is 27.3 Å². The zero-order valence-electron chi connectivity index (χ0n) is 11.0. The molecule has 0 atom stereocenters. The molecule has 0 aliphatic carbocycles. The van der Waals surface area contributed by atoms with Crippen molar-refractivity contribution < 1.29 is 14.6 Å². The maximum Gasteiger partial charge on any atom is 0.246 e. The first kappa shape index (κ1) is 14.3. The molecule has 1 amide bonds. The predicted molar refractivity (Wildman–Crippen MR) is 71.4 cm³/mol. The Labute approximate surface area is 107 Å². The first-order valence-electron chi connectivity index (χ1n) is 5.77. The van der Waals surface area contributed by atoms with Gasteiger partial charge in [0.2, 0.25) is 5.91 Å². The summed E-state index contributed by atoms with van der Waals surface area (Å²) in [6.45, 7) is 2.19. The normalized spacial score (nSPS) is 11.2. The predicted octanol–water partition coefficient (Wildman–Crippen LogP) is 1.55. The number of carbonyl (C=O) groups is 1. The summed E-state index contributed by atoms with van der Waals surface area (Å²) in [6.07, 6.45) is 1.57. The van der Waals surface area contributed by atoms with Gasteiger partial charge in [-0.1, -0.05) is 12.1 Å². The maximum absolute atomic E-state index is 11.8. The van der Waals surface area contributed by atoms with Gasteiger partial charge >= 0.3 is 0 Å². The highest BCUT2D eigenvalue weighted by atomic mass is 16.5. The second-order valence-electron chi connectivity index (χ2n) is 4.04. The van der Waals surface area contributed by atoms with Gasteiger partial charge in [0.15, 0.2) is 0 Å². The molecule has 0 aliphatic heterocycles. The number of aliphatic hydroxyl groups excluding tert-OH is 1. The molecule has 0 fully saturated rings. The molecular weight excluding hydrogens is 230 g/mol. The lowest BCUT2D eigenvalue weighted by Crippen LogP contribution is -2.27. The van der Waals surface area contributed by atoms with Crippen molar-refractivity contribution in [2.24, 2.45) is 0 Å². The van der Waals surface area contributed by atoms with Crippen LogP contribution in [0.1, 0.15) is 12.5 Å². The third kappa shape index (κ3) is 3.89. The molecule has 18 heavy (non-hydrogen) atoms. The van der Waals surface area contributed by atoms with Gasteiger partial charge in [-0.15, -0.1) is 0 Å². The van der Waals surface area contributed by atoms with Crippen molar-refractivity contribution in [3.8, 4) is 5.75 Å². The first-order valence-corrected chi connectivity index (χ1v) is 5.77. The maximum atomic E-state index is 11.8. The fraction of sp³-hybridized carbons (Fsp3) is 0.357. The van der Waals surface area contributed by atoms with Gasteiger partial charge in [0.25, 0.3) is 0 Å². The van der Waals surface area contributed by atoms with Crippen LogP contribution in [0.4, 0.5) is 0 Å². The van der Waals surface area contributed by atoms with E-state index < -0.39 is 0 Å². The number of nitrogens with zero attached hydrogens (tertiary/aromatic N) is 1. The Morgan fingerprint density at radius 1 is 1.39 bits per heavy atom. The van der Waals surface area contributed by atoms with Crippen LogP contribution in [-0.4, -0.2) is 43.2 Å². The summed E-state index contributed by atoms with van der Waals surface area (Å²) >= 11 is 0. The van der Waals surface area contributed by atoms with E-state index in [0.717, 1.165) is 16.9 Å². The van der Waals surface area contributed by atoms with Crippen LogP contribution in [0, 0.1) is 0 Å². The summed E-state index contributed by atoms with van der Waals surface area (Å²) in [5.41, 5.74) is 1.86. The summed E-state index contributed by atoms with van der Waals surface area (Å²) in [7, 11) is 3.28. The van der Waals surface area contributed by atoms with Crippen LogP contribution >= 0.6 is 0 Å². The van der Waals surface area contributed by atoms with Gasteiger partial charge in [0, 0.05) is 19.7 Å². The van der Waals surface area contributed by atoms with Gasteiger partial charge < -0.3 is 14.7 Å². The average molecular weight is 249 g/mol. The molecule has 1 aromatic rings. The number of ether oxygens (including phenoxy) is 1. The number of amides is 1. The number of hydrogen-bond donors (Lipinski definition) is 1. The van der Waals surface area contributed by atoms with Crippen molar-refractivity contribution in [1.82, 2.24) is 4.90 Å². The lowest BCUT2D eigenvalue weighted by molar-refractivity contribution is -0.125. The number of rotatable bonds is 5. The van der Waals surface area contributed by atoms with Gasteiger partial charge in [0.1, 0.15) is 5.75 Å². The van der Waals surface area contributed by atoms with E-state index in [1.807, 2.05) is 31.2 Å². The highest BCUT2D eigenvalue weighted by molar-refractivity contribution is 5.94. The summed E-state index contributed by atoms with van der Waals surface area (Å²) in [5.74, 6) is 0.674. The number of aliphatic hydroxyl groups is 1. The monoisotopic (exact) mass is 249 g/mol. The molecule has 1 rings (SSSR count). The Kier molecular flexibility index (Phi) is 5.39.